The number of nitrogens with zero attached hydrogens (tertiary/aromatic N) is 10. The molecule has 18 heteroatoms. The molecule has 5 heterocycles. The predicted octanol–water partition coefficient (Wildman–Crippen LogP) is 11.0. The Morgan fingerprint density at radius 2 is 1.12 bits per heavy atom. The minimum atomic E-state index is -1.06. The summed E-state index contributed by atoms with van der Waals surface area (Å²) in [5.74, 6) is 1.46. The number of aromatic nitrogens is 2. The second kappa shape index (κ2) is 29.5. The van der Waals surface area contributed by atoms with Gasteiger partial charge in [0.25, 0.3) is 5.91 Å². The molecule has 1 aliphatic carbocycles. The molecule has 0 unspecified atom stereocenters. The first kappa shape index (κ1) is 65.5. The van der Waals surface area contributed by atoms with E-state index in [1.165, 1.54) is 6.21 Å². The van der Waals surface area contributed by atoms with Gasteiger partial charge in [-0.25, -0.2) is 19.6 Å². The number of hydrazone groups is 1. The zero-order valence-corrected chi connectivity index (χ0v) is 53.2. The van der Waals surface area contributed by atoms with Gasteiger partial charge in [0, 0.05) is 125 Å². The van der Waals surface area contributed by atoms with Crippen LogP contribution in [0.5, 0.6) is 11.5 Å². The van der Waals surface area contributed by atoms with E-state index in [4.69, 9.17) is 14.3 Å². The van der Waals surface area contributed by atoms with Gasteiger partial charge in [-0.1, -0.05) is 66.7 Å². The standard InChI is InChI=1S/2C35H37N5O3.2Fe/c1-5-38(6-2)26-16-18-30-32(20-26)43-33-21-27(39(7-3)8-4)17-19-31(33)35(30)29-15-10-9-14-28(29)34(42)40(35)36-22-24-12-11-13-25(23-41)37-24;1-5-39(6-2)26-16-18-30-32(20-26)43-33-21-27(40(7-3)8-4)17-19-31(33)34(30)28-14-9-10-15-29(28)35(42)38-36-22-24-12-11-13-25(23-41)37-24;;/h2*9-22,41H,5-8,23H2,1-4H3;;/q;;2*+3/b36-22-;;;. The third-order valence-electron chi connectivity index (χ3n) is 16.2. The Balaban J connectivity index is 0.000000223. The summed E-state index contributed by atoms with van der Waals surface area (Å²) in [7, 11) is 0. The van der Waals surface area contributed by atoms with Crippen molar-refractivity contribution in [1.29, 1.82) is 0 Å². The van der Waals surface area contributed by atoms with Gasteiger partial charge in [0.1, 0.15) is 41.5 Å². The molecule has 0 saturated carbocycles. The number of ether oxygens (including phenoxy) is 1. The van der Waals surface area contributed by atoms with E-state index in [1.54, 1.807) is 41.6 Å². The number of amides is 1. The molecular weight excluding hydrogens is 1190 g/mol. The average Bonchev–Trinajstić information content (AvgIpc) is 1.46. The van der Waals surface area contributed by atoms with Crippen LogP contribution in [0.1, 0.15) is 111 Å². The topological polar surface area (TPSA) is 182 Å². The summed E-state index contributed by atoms with van der Waals surface area (Å²) in [5.41, 5.74) is 11.1. The minimum Gasteiger partial charge on any atom is -0.857 e. The van der Waals surface area contributed by atoms with Crippen molar-refractivity contribution < 1.29 is 63.4 Å². The van der Waals surface area contributed by atoms with E-state index in [-0.39, 0.29) is 53.3 Å². The van der Waals surface area contributed by atoms with Gasteiger partial charge in [-0.05, 0) is 127 Å². The zero-order valence-electron chi connectivity index (χ0n) is 50.9. The summed E-state index contributed by atoms with van der Waals surface area (Å²) in [6.45, 7) is 23.7. The molecule has 88 heavy (non-hydrogen) atoms. The number of pyridine rings is 2. The van der Waals surface area contributed by atoms with Gasteiger partial charge in [0.05, 0.1) is 54.5 Å². The zero-order chi connectivity index (χ0) is 60.5. The summed E-state index contributed by atoms with van der Waals surface area (Å²) in [6, 6.07) is 50.9. The van der Waals surface area contributed by atoms with E-state index >= 15 is 0 Å². The van der Waals surface area contributed by atoms with Crippen molar-refractivity contribution in [2.24, 2.45) is 15.3 Å². The predicted molar refractivity (Wildman–Crippen MR) is 343 cm³/mol. The van der Waals surface area contributed by atoms with Crippen molar-refractivity contribution in [3.05, 3.63) is 214 Å². The monoisotopic (exact) mass is 1260 g/mol. The van der Waals surface area contributed by atoms with Gasteiger partial charge in [-0.15, -0.1) is 0 Å². The molecule has 1 spiro atoms. The van der Waals surface area contributed by atoms with Crippen LogP contribution < -0.4 is 34.5 Å². The second-order valence-corrected chi connectivity index (χ2v) is 20.7. The fraction of sp³-hybridized carbons (Fsp3) is 0.271. The summed E-state index contributed by atoms with van der Waals surface area (Å²) < 4.78 is 15.6. The average molecular weight is 1260 g/mol. The normalized spacial score (nSPS) is 12.9. The van der Waals surface area contributed by atoms with Crippen LogP contribution >= 0.6 is 0 Å². The Bertz CT molecular complexity index is 3990. The number of fused-ring (bicyclic) bond motifs is 8. The molecule has 3 aliphatic heterocycles. The summed E-state index contributed by atoms with van der Waals surface area (Å²) in [5, 5.41) is 48.9. The van der Waals surface area contributed by atoms with E-state index in [1.807, 2.05) is 54.6 Å². The Labute approximate surface area is 536 Å². The Kier molecular flexibility index (Phi) is 21.9. The summed E-state index contributed by atoms with van der Waals surface area (Å²) in [4.78, 5) is 29.9. The molecule has 7 aromatic rings. The SMILES string of the molecule is CCN(CC)c1ccc2c(-c3ccccc3/C([O-])=N/N=C\c3cccc(CO)n3)c3ccc(=[N+](CC)CC)cc-3oc2c1.CCN(CC)c1ccc2c(c1)Oc1cc(N(CC)CC)ccc1C21c2ccccc2C(=O)N1/N=C\c1cccc(CO)n1.[Fe+3].[Fe+3]. The number of rotatable bonds is 19. The van der Waals surface area contributed by atoms with Crippen LogP contribution in [0, 0.1) is 0 Å². The first-order valence-corrected chi connectivity index (χ1v) is 29.8. The number of aliphatic hydroxyl groups excluding tert-OH is 2. The Morgan fingerprint density at radius 3 is 1.69 bits per heavy atom. The van der Waals surface area contributed by atoms with E-state index in [9.17, 15) is 20.1 Å². The molecule has 2 radical (unpaired) electrons. The Hall–Kier alpha value is -8.47. The molecule has 0 fully saturated rings. The number of hydrogen-bond donors (Lipinski definition) is 2. The van der Waals surface area contributed by atoms with Crippen molar-refractivity contribution in [3.63, 3.8) is 0 Å². The summed E-state index contributed by atoms with van der Waals surface area (Å²) in [6.07, 6.45) is 3.00. The molecule has 0 saturated heterocycles. The van der Waals surface area contributed by atoms with Crippen molar-refractivity contribution in [2.75, 3.05) is 67.1 Å². The molecule has 4 aliphatic rings. The van der Waals surface area contributed by atoms with Gasteiger partial charge < -0.3 is 39.2 Å². The molecule has 2 N–H and O–H groups in total. The fourth-order valence-electron chi connectivity index (χ4n) is 11.9. The number of carbonyl (C=O) groups excluding carboxylic acids is 1. The molecule has 450 valence electrons. The van der Waals surface area contributed by atoms with Gasteiger partial charge >= 0.3 is 34.1 Å². The van der Waals surface area contributed by atoms with Crippen LogP contribution in [-0.2, 0) is 52.9 Å². The van der Waals surface area contributed by atoms with E-state index in [2.05, 4.69) is 168 Å². The van der Waals surface area contributed by atoms with Gasteiger partial charge in [0.2, 0.25) is 5.36 Å². The number of carbonyl (C=O) groups is 1. The van der Waals surface area contributed by atoms with E-state index in [0.717, 1.165) is 125 Å². The third-order valence-corrected chi connectivity index (χ3v) is 16.2. The van der Waals surface area contributed by atoms with Crippen molar-refractivity contribution in [3.8, 4) is 33.9 Å². The number of benzene rings is 6. The molecule has 0 atom stereocenters. The number of aliphatic hydroxyl groups is 2. The third kappa shape index (κ3) is 12.8. The minimum absolute atomic E-state index is 0. The quantitative estimate of drug-likeness (QED) is 0.0196. The first-order valence-electron chi connectivity index (χ1n) is 29.8. The van der Waals surface area contributed by atoms with Crippen LogP contribution in [-0.4, -0.2) is 102 Å². The largest absolute Gasteiger partial charge is 3.00 e. The maximum absolute atomic E-state index is 14.3. The van der Waals surface area contributed by atoms with E-state index < -0.39 is 11.4 Å². The van der Waals surface area contributed by atoms with Crippen LogP contribution in [0.2, 0.25) is 0 Å². The molecule has 1 amide bonds. The fourth-order valence-corrected chi connectivity index (χ4v) is 11.9. The van der Waals surface area contributed by atoms with Crippen LogP contribution in [0.15, 0.2) is 177 Å². The maximum atomic E-state index is 14.3. The van der Waals surface area contributed by atoms with Crippen molar-refractivity contribution >= 4 is 52.3 Å². The maximum Gasteiger partial charge on any atom is 3.00 e. The first-order chi connectivity index (χ1) is 42.0. The second-order valence-electron chi connectivity index (χ2n) is 20.7. The number of hydrogen-bond acceptors (Lipinski definition) is 14. The molecule has 5 aromatic carbocycles. The number of anilines is 3. The van der Waals surface area contributed by atoms with Crippen molar-refractivity contribution in [2.45, 2.75) is 74.1 Å². The van der Waals surface area contributed by atoms with Gasteiger partial charge in [0.15, 0.2) is 0 Å². The van der Waals surface area contributed by atoms with Crippen molar-refractivity contribution in [1.82, 2.24) is 19.6 Å². The molecule has 0 bridgehead atoms. The summed E-state index contributed by atoms with van der Waals surface area (Å²) >= 11 is 0. The molecular formula is C70H74Fe2N10O6+6. The van der Waals surface area contributed by atoms with Gasteiger partial charge in [-0.3, -0.25) is 4.79 Å². The molecule has 16 nitrogen and oxygen atoms in total. The smallest absolute Gasteiger partial charge is 0.857 e. The molecule has 2 aromatic heterocycles. The molecule has 11 rings (SSSR count). The van der Waals surface area contributed by atoms with E-state index in [0.29, 0.717) is 45.4 Å². The van der Waals surface area contributed by atoms with Gasteiger partial charge in [-0.2, -0.15) is 15.3 Å². The van der Waals surface area contributed by atoms with Crippen LogP contribution in [0.4, 0.5) is 17.1 Å². The van der Waals surface area contributed by atoms with Crippen LogP contribution in [0.25, 0.3) is 33.4 Å². The Morgan fingerprint density at radius 1 is 0.591 bits per heavy atom. The van der Waals surface area contributed by atoms with Crippen LogP contribution in [0.3, 0.4) is 0 Å².